The lowest BCUT2D eigenvalue weighted by atomic mass is 9.95. The van der Waals surface area contributed by atoms with Gasteiger partial charge in [-0.3, -0.25) is 0 Å². The second-order valence-electron chi connectivity index (χ2n) is 22.1. The Morgan fingerprint density at radius 1 is 0.365 bits per heavy atom. The number of ether oxygens (including phenoxy) is 14. The first kappa shape index (κ1) is 70.5. The number of carboxylic acids is 1. The Balaban J connectivity index is 1.11. The summed E-state index contributed by atoms with van der Waals surface area (Å²) in [5.74, 6) is -1.96. The molecule has 7 heterocycles. The number of hydrogen-bond donors (Lipinski definition) is 22. The van der Waals surface area contributed by atoms with Crippen LogP contribution in [0.25, 0.3) is 0 Å². The minimum atomic E-state index is -2.46. The Bertz CT molecular complexity index is 2070. The van der Waals surface area contributed by atoms with E-state index >= 15 is 0 Å². The normalized spacial score (nSPS) is 51.6. The van der Waals surface area contributed by atoms with Gasteiger partial charge in [0.25, 0.3) is 0 Å². The van der Waals surface area contributed by atoms with Crippen LogP contribution in [-0.2, 0) is 71.1 Å². The van der Waals surface area contributed by atoms with Gasteiger partial charge in [0.2, 0.25) is 0 Å². The largest absolute Gasteiger partial charge is 0.479 e. The highest BCUT2D eigenvalue weighted by atomic mass is 16.8. The monoisotopic (exact) mass is 1250 g/mol. The van der Waals surface area contributed by atoms with Crippen LogP contribution in [0.2, 0.25) is 0 Å². The van der Waals surface area contributed by atoms with Gasteiger partial charge in [-0.2, -0.15) is 0 Å². The molecule has 0 saturated carbocycles. The topological polar surface area (TPSA) is 591 Å². The molecule has 39 atom stereocenters. The predicted molar refractivity (Wildman–Crippen MR) is 260 cm³/mol. The summed E-state index contributed by atoms with van der Waals surface area (Å²) in [6, 6.07) is 0. The van der Waals surface area contributed by atoms with E-state index in [0.29, 0.717) is 0 Å². The molecule has 0 aromatic carbocycles. The summed E-state index contributed by atoms with van der Waals surface area (Å²) in [5, 5.41) is 238. The lowest BCUT2D eigenvalue weighted by Crippen LogP contribution is -2.68. The molecule has 0 aliphatic carbocycles. The maximum atomic E-state index is 13.1. The summed E-state index contributed by atoms with van der Waals surface area (Å²) in [4.78, 5) is 13.1. The molecule has 7 saturated heterocycles. The molecule has 7 fully saturated rings. The molecule has 22 N–H and O–H groups in total. The number of carbonyl (C=O) groups is 1. The van der Waals surface area contributed by atoms with Crippen molar-refractivity contribution in [2.24, 2.45) is 0 Å². The highest BCUT2D eigenvalue weighted by Crippen LogP contribution is 2.39. The minimum absolute atomic E-state index is 0.905. The average molecular weight is 1250 g/mol. The number of rotatable bonds is 21. The first-order chi connectivity index (χ1) is 39.9. The van der Waals surface area contributed by atoms with Gasteiger partial charge in [0, 0.05) is 0 Å². The van der Waals surface area contributed by atoms with Crippen molar-refractivity contribution in [2.45, 2.75) is 274 Å². The lowest BCUT2D eigenvalue weighted by Gasteiger charge is -2.50. The van der Waals surface area contributed by atoms with E-state index in [4.69, 9.17) is 66.3 Å². The van der Waals surface area contributed by atoms with Crippen LogP contribution < -0.4 is 0 Å². The molecule has 0 aromatic rings. The first-order valence-electron chi connectivity index (χ1n) is 27.4. The third-order valence-electron chi connectivity index (χ3n) is 16.1. The molecule has 0 spiro atoms. The summed E-state index contributed by atoms with van der Waals surface area (Å²) < 4.78 is 80.5. The Morgan fingerprint density at radius 2 is 0.694 bits per heavy atom. The standard InChI is InChI=1S/C48H82O37/c1-9(52)17(53)22(58)14(6-49)77-44-33(69)34(24(60)16(8-51)78-44)79-45-38(28(64)20(56)10(2)72-45)83-48-37(27(63)19(55)13(5)75-48)82-43-32(68)30(66)35(40(85-43)41(70)71)80-46-39(29(65)21(57)11(3)73-46)84-47-36(26(62)18(54)12(4)74-47)81-42-31(67)25(61)23(59)15(7-50)76-42/h9-40,42-69H,6-8H2,1-5H3,(H,70,71)/t9-,10-,11-,12-,13-,14-,15+,16+,17-,18-,19-,20-,21-,22-,23-,24-,25-,26+,27+,28+,29+,30+,31+,32+,33+,34-,35-,36+,37+,38+,39+,40-,42-,43+,44+,45-,46-,47-,48-/m0/s1. The molecule has 0 amide bonds. The van der Waals surface area contributed by atoms with Crippen LogP contribution >= 0.6 is 0 Å². The summed E-state index contributed by atoms with van der Waals surface area (Å²) in [5.41, 5.74) is 0. The fraction of sp³-hybridized carbons (Fsp3) is 0.979. The molecular weight excluding hydrogens is 1170 g/mol. The van der Waals surface area contributed by atoms with Crippen molar-refractivity contribution in [3.63, 3.8) is 0 Å². The zero-order valence-electron chi connectivity index (χ0n) is 46.1. The van der Waals surface area contributed by atoms with E-state index in [-0.39, 0.29) is 0 Å². The van der Waals surface area contributed by atoms with E-state index in [1.807, 2.05) is 0 Å². The van der Waals surface area contributed by atoms with Crippen molar-refractivity contribution in [1.29, 1.82) is 0 Å². The van der Waals surface area contributed by atoms with Gasteiger partial charge in [0.1, 0.15) is 159 Å². The third-order valence-corrected chi connectivity index (χ3v) is 16.1. The molecule has 0 aromatic heterocycles. The van der Waals surface area contributed by atoms with Crippen molar-refractivity contribution in [3.05, 3.63) is 0 Å². The van der Waals surface area contributed by atoms with Crippen LogP contribution in [0.5, 0.6) is 0 Å². The molecule has 7 rings (SSSR count). The Labute approximate surface area is 482 Å². The fourth-order valence-corrected chi connectivity index (χ4v) is 10.7. The van der Waals surface area contributed by atoms with E-state index in [1.165, 1.54) is 27.7 Å². The van der Waals surface area contributed by atoms with Gasteiger partial charge < -0.3 is 179 Å². The quantitative estimate of drug-likeness (QED) is 0.0507. The van der Waals surface area contributed by atoms with Gasteiger partial charge in [0.15, 0.2) is 50.1 Å². The number of aliphatic carboxylic acids is 1. The van der Waals surface area contributed by atoms with Gasteiger partial charge in [-0.15, -0.1) is 0 Å². The highest BCUT2D eigenvalue weighted by Gasteiger charge is 2.59. The SMILES string of the molecule is C[C@H](O)[C@H](O)[C@@H](O)[C@H](CO)O[C@@H]1O[C@H](CO)[C@H](O)[C@H](O[C@@H]2O[C@@H](C)[C@H](O)[C@@H](O)[C@H]2O[C@@H]2O[C@@H](C)[C@H](O)[C@@H](O)[C@H]2O[C@@H]2O[C@H](C(=O)O)[C@@H](O[C@@H]3O[C@@H](C)[C@H](O)[C@@H](O)[C@H]3O[C@@H]3O[C@@H](C)[C@H](O)[C@@H](O)[C@H]3O[C@@H]3O[C@H](CO)[C@H](O)[C@H](O)[C@H]3O)[C@H](O)[C@H]2O)[C@H]1O. The lowest BCUT2D eigenvalue weighted by molar-refractivity contribution is -0.409. The van der Waals surface area contributed by atoms with E-state index in [1.54, 1.807) is 0 Å². The smallest absolute Gasteiger partial charge is 0.335 e. The maximum absolute atomic E-state index is 13.1. The van der Waals surface area contributed by atoms with Crippen LogP contribution in [0.3, 0.4) is 0 Å². The molecule has 496 valence electrons. The summed E-state index contributed by atoms with van der Waals surface area (Å²) in [6.45, 7) is 3.11. The first-order valence-corrected chi connectivity index (χ1v) is 27.4. The summed E-state index contributed by atoms with van der Waals surface area (Å²) >= 11 is 0. The maximum Gasteiger partial charge on any atom is 0.335 e. The number of carboxylic acid groups (broad SMARTS) is 1. The number of aliphatic hydroxyl groups is 21. The van der Waals surface area contributed by atoms with Gasteiger partial charge in [0.05, 0.1) is 50.3 Å². The fourth-order valence-electron chi connectivity index (χ4n) is 10.7. The molecular formula is C48H82O37. The number of hydrogen-bond acceptors (Lipinski definition) is 36. The Hall–Kier alpha value is -1.93. The van der Waals surface area contributed by atoms with Crippen LogP contribution in [0.1, 0.15) is 34.6 Å². The van der Waals surface area contributed by atoms with Crippen molar-refractivity contribution in [3.8, 4) is 0 Å². The molecule has 0 bridgehead atoms. The highest BCUT2D eigenvalue weighted by molar-refractivity contribution is 5.73. The van der Waals surface area contributed by atoms with E-state index < -0.39 is 265 Å². The van der Waals surface area contributed by atoms with Crippen LogP contribution in [0, 0.1) is 0 Å². The third kappa shape index (κ3) is 14.9. The van der Waals surface area contributed by atoms with Crippen LogP contribution in [-0.4, -0.2) is 377 Å². The summed E-state index contributed by atoms with van der Waals surface area (Å²) in [6.07, 6.45) is -76.5. The molecule has 37 nitrogen and oxygen atoms in total. The van der Waals surface area contributed by atoms with Gasteiger partial charge in [-0.25, -0.2) is 4.79 Å². The van der Waals surface area contributed by atoms with Crippen LogP contribution in [0.4, 0.5) is 0 Å². The zero-order valence-corrected chi connectivity index (χ0v) is 46.1. The Kier molecular flexibility index (Phi) is 24.5. The van der Waals surface area contributed by atoms with E-state index in [2.05, 4.69) is 0 Å². The predicted octanol–water partition coefficient (Wildman–Crippen LogP) is -13.6. The number of aliphatic hydroxyl groups excluding tert-OH is 21. The molecule has 85 heavy (non-hydrogen) atoms. The second kappa shape index (κ2) is 29.6. The van der Waals surface area contributed by atoms with Gasteiger partial charge >= 0.3 is 5.97 Å². The molecule has 7 aliphatic rings. The molecule has 0 unspecified atom stereocenters. The molecule has 0 radical (unpaired) electrons. The van der Waals surface area contributed by atoms with Crippen molar-refractivity contribution in [1.82, 2.24) is 0 Å². The summed E-state index contributed by atoms with van der Waals surface area (Å²) in [7, 11) is 0. The van der Waals surface area contributed by atoms with Crippen LogP contribution in [0.15, 0.2) is 0 Å². The van der Waals surface area contributed by atoms with E-state index in [9.17, 15) is 117 Å². The second-order valence-corrected chi connectivity index (χ2v) is 22.1. The zero-order chi connectivity index (χ0) is 63.1. The van der Waals surface area contributed by atoms with E-state index in [0.717, 1.165) is 6.92 Å². The Morgan fingerprint density at radius 3 is 1.07 bits per heavy atom. The molecule has 37 heteroatoms. The average Bonchev–Trinajstić information content (AvgIpc) is 2.33. The van der Waals surface area contributed by atoms with Gasteiger partial charge in [-0.05, 0) is 34.6 Å². The minimum Gasteiger partial charge on any atom is -0.479 e. The molecule has 7 aliphatic heterocycles. The van der Waals surface area contributed by atoms with Crippen molar-refractivity contribution >= 4 is 5.97 Å². The van der Waals surface area contributed by atoms with Crippen molar-refractivity contribution in [2.75, 3.05) is 19.8 Å². The van der Waals surface area contributed by atoms with Crippen molar-refractivity contribution < 1.29 is 183 Å². The van der Waals surface area contributed by atoms with Gasteiger partial charge in [-0.1, -0.05) is 0 Å².